The predicted octanol–water partition coefficient (Wildman–Crippen LogP) is 3.20. The highest BCUT2D eigenvalue weighted by Crippen LogP contribution is 2.33. The van der Waals surface area contributed by atoms with Crippen LogP contribution >= 0.6 is 0 Å². The lowest BCUT2D eigenvalue weighted by atomic mass is 9.82. The number of fused-ring (bicyclic) bond motifs is 1. The van der Waals surface area contributed by atoms with Crippen molar-refractivity contribution in [3.63, 3.8) is 0 Å². The van der Waals surface area contributed by atoms with Crippen molar-refractivity contribution >= 4 is 0 Å². The summed E-state index contributed by atoms with van der Waals surface area (Å²) in [7, 11) is 0. The molecule has 1 aliphatic heterocycles. The second-order valence-electron chi connectivity index (χ2n) is 6.57. The molecule has 0 amide bonds. The summed E-state index contributed by atoms with van der Waals surface area (Å²) in [6, 6.07) is 8.99. The fraction of sp³-hybridized carbons (Fsp3) is 0.667. The predicted molar refractivity (Wildman–Crippen MR) is 83.0 cm³/mol. The molecule has 1 heterocycles. The summed E-state index contributed by atoms with van der Waals surface area (Å²) >= 11 is 0. The molecular weight excluding hydrogens is 246 g/mol. The van der Waals surface area contributed by atoms with E-state index in [0.29, 0.717) is 11.8 Å². The average molecular weight is 273 g/mol. The third-order valence-electron chi connectivity index (χ3n) is 5.27. The van der Waals surface area contributed by atoms with Crippen LogP contribution in [0, 0.1) is 5.92 Å². The molecule has 2 heteroatoms. The van der Waals surface area contributed by atoms with E-state index in [0.717, 1.165) is 25.9 Å². The van der Waals surface area contributed by atoms with Crippen LogP contribution in [-0.2, 0) is 6.42 Å². The van der Waals surface area contributed by atoms with Gasteiger partial charge in [0.05, 0.1) is 6.10 Å². The molecule has 1 aliphatic carbocycles. The van der Waals surface area contributed by atoms with E-state index in [1.807, 2.05) is 0 Å². The zero-order chi connectivity index (χ0) is 13.9. The molecule has 1 aromatic rings. The van der Waals surface area contributed by atoms with Crippen LogP contribution in [0.25, 0.3) is 0 Å². The molecule has 1 saturated heterocycles. The SMILES string of the molecule is CCC1CN(CC2CCCc3ccccc32)CCC1O. The second kappa shape index (κ2) is 6.28. The minimum absolute atomic E-state index is 0.0742. The molecule has 1 aromatic carbocycles. The number of aliphatic hydroxyl groups is 1. The largest absolute Gasteiger partial charge is 0.393 e. The number of hydrogen-bond donors (Lipinski definition) is 1. The lowest BCUT2D eigenvalue weighted by Crippen LogP contribution is -2.44. The Hall–Kier alpha value is -0.860. The summed E-state index contributed by atoms with van der Waals surface area (Å²) in [5.41, 5.74) is 3.14. The molecule has 0 spiro atoms. The number of aryl methyl sites for hydroxylation is 1. The third kappa shape index (κ3) is 2.91. The average Bonchev–Trinajstić information content (AvgIpc) is 2.49. The van der Waals surface area contributed by atoms with Crippen LogP contribution in [0.4, 0.5) is 0 Å². The molecule has 0 saturated carbocycles. The quantitative estimate of drug-likeness (QED) is 0.914. The molecule has 2 aliphatic rings. The molecule has 3 atom stereocenters. The van der Waals surface area contributed by atoms with Gasteiger partial charge in [-0.1, -0.05) is 31.2 Å². The Bertz CT molecular complexity index is 445. The van der Waals surface area contributed by atoms with Crippen LogP contribution in [0.3, 0.4) is 0 Å². The zero-order valence-corrected chi connectivity index (χ0v) is 12.6. The smallest absolute Gasteiger partial charge is 0.0592 e. The van der Waals surface area contributed by atoms with Crippen molar-refractivity contribution in [3.05, 3.63) is 35.4 Å². The molecule has 0 bridgehead atoms. The molecule has 110 valence electrons. The number of nitrogens with zero attached hydrogens (tertiary/aromatic N) is 1. The highest BCUT2D eigenvalue weighted by Gasteiger charge is 2.29. The van der Waals surface area contributed by atoms with Gasteiger partial charge in [-0.25, -0.2) is 0 Å². The molecule has 3 unspecified atom stereocenters. The first kappa shape index (κ1) is 14.1. The van der Waals surface area contributed by atoms with Crippen LogP contribution in [0.15, 0.2) is 24.3 Å². The van der Waals surface area contributed by atoms with E-state index in [9.17, 15) is 5.11 Å². The van der Waals surface area contributed by atoms with Gasteiger partial charge in [-0.2, -0.15) is 0 Å². The highest BCUT2D eigenvalue weighted by molar-refractivity contribution is 5.32. The summed E-state index contributed by atoms with van der Waals surface area (Å²) < 4.78 is 0. The van der Waals surface area contributed by atoms with E-state index in [4.69, 9.17) is 0 Å². The number of likely N-dealkylation sites (tertiary alicyclic amines) is 1. The lowest BCUT2D eigenvalue weighted by Gasteiger charge is -2.38. The summed E-state index contributed by atoms with van der Waals surface area (Å²) in [5.74, 6) is 1.18. The minimum atomic E-state index is -0.0742. The fourth-order valence-electron chi connectivity index (χ4n) is 4.02. The van der Waals surface area contributed by atoms with Gasteiger partial charge >= 0.3 is 0 Å². The molecule has 1 fully saturated rings. The first-order valence-corrected chi connectivity index (χ1v) is 8.26. The van der Waals surface area contributed by atoms with Gasteiger partial charge in [0.1, 0.15) is 0 Å². The molecular formula is C18H27NO. The Labute approximate surface area is 122 Å². The van der Waals surface area contributed by atoms with Crippen molar-refractivity contribution < 1.29 is 5.11 Å². The van der Waals surface area contributed by atoms with E-state index in [1.165, 1.54) is 25.8 Å². The maximum Gasteiger partial charge on any atom is 0.0592 e. The Balaban J connectivity index is 1.67. The van der Waals surface area contributed by atoms with Crippen molar-refractivity contribution in [2.75, 3.05) is 19.6 Å². The Morgan fingerprint density at radius 2 is 2.10 bits per heavy atom. The monoisotopic (exact) mass is 273 g/mol. The molecule has 20 heavy (non-hydrogen) atoms. The topological polar surface area (TPSA) is 23.5 Å². The number of benzene rings is 1. The zero-order valence-electron chi connectivity index (χ0n) is 12.6. The van der Waals surface area contributed by atoms with Gasteiger partial charge in [0.15, 0.2) is 0 Å². The van der Waals surface area contributed by atoms with E-state index in [1.54, 1.807) is 11.1 Å². The van der Waals surface area contributed by atoms with Gasteiger partial charge in [-0.15, -0.1) is 0 Å². The van der Waals surface area contributed by atoms with Crippen molar-refractivity contribution in [1.29, 1.82) is 0 Å². The van der Waals surface area contributed by atoms with Crippen molar-refractivity contribution in [1.82, 2.24) is 4.90 Å². The maximum atomic E-state index is 10.0. The molecule has 0 radical (unpaired) electrons. The maximum absolute atomic E-state index is 10.0. The van der Waals surface area contributed by atoms with Crippen molar-refractivity contribution in [2.45, 2.75) is 51.0 Å². The standard InChI is InChI=1S/C18H27NO/c1-2-14-12-19(11-10-18(14)20)13-16-8-5-7-15-6-3-4-9-17(15)16/h3-4,6,9,14,16,18,20H,2,5,7-8,10-13H2,1H3. The number of hydrogen-bond acceptors (Lipinski definition) is 2. The van der Waals surface area contributed by atoms with Crippen LogP contribution in [0.5, 0.6) is 0 Å². The van der Waals surface area contributed by atoms with Crippen LogP contribution < -0.4 is 0 Å². The summed E-state index contributed by atoms with van der Waals surface area (Å²) in [4.78, 5) is 2.59. The van der Waals surface area contributed by atoms with E-state index in [2.05, 4.69) is 36.1 Å². The molecule has 1 N–H and O–H groups in total. The first-order chi connectivity index (χ1) is 9.78. The fourth-order valence-corrected chi connectivity index (χ4v) is 4.02. The van der Waals surface area contributed by atoms with Gasteiger partial charge in [0.2, 0.25) is 0 Å². The molecule has 0 aromatic heterocycles. The minimum Gasteiger partial charge on any atom is -0.393 e. The van der Waals surface area contributed by atoms with Gasteiger partial charge in [-0.3, -0.25) is 0 Å². The van der Waals surface area contributed by atoms with Gasteiger partial charge in [-0.05, 0) is 55.1 Å². The Morgan fingerprint density at radius 1 is 1.25 bits per heavy atom. The van der Waals surface area contributed by atoms with Crippen molar-refractivity contribution in [2.24, 2.45) is 5.92 Å². The Morgan fingerprint density at radius 3 is 2.95 bits per heavy atom. The second-order valence-corrected chi connectivity index (χ2v) is 6.57. The number of aliphatic hydroxyl groups excluding tert-OH is 1. The van der Waals surface area contributed by atoms with Gasteiger partial charge < -0.3 is 10.0 Å². The van der Waals surface area contributed by atoms with Crippen LogP contribution in [0.2, 0.25) is 0 Å². The summed E-state index contributed by atoms with van der Waals surface area (Å²) in [6.45, 7) is 5.53. The highest BCUT2D eigenvalue weighted by atomic mass is 16.3. The van der Waals surface area contributed by atoms with Gasteiger partial charge in [0, 0.05) is 19.6 Å². The van der Waals surface area contributed by atoms with Crippen molar-refractivity contribution in [3.8, 4) is 0 Å². The Kier molecular flexibility index (Phi) is 4.42. The van der Waals surface area contributed by atoms with E-state index in [-0.39, 0.29) is 6.10 Å². The molecule has 2 nitrogen and oxygen atoms in total. The van der Waals surface area contributed by atoms with Crippen LogP contribution in [-0.4, -0.2) is 35.7 Å². The van der Waals surface area contributed by atoms with Crippen LogP contribution in [0.1, 0.15) is 49.7 Å². The van der Waals surface area contributed by atoms with Gasteiger partial charge in [0.25, 0.3) is 0 Å². The summed E-state index contributed by atoms with van der Waals surface area (Å²) in [6.07, 6.45) is 5.88. The summed E-state index contributed by atoms with van der Waals surface area (Å²) in [5, 5.41) is 10.0. The van der Waals surface area contributed by atoms with E-state index >= 15 is 0 Å². The lowest BCUT2D eigenvalue weighted by molar-refractivity contribution is 0.0224. The normalized spacial score (nSPS) is 31.0. The number of rotatable bonds is 3. The third-order valence-corrected chi connectivity index (χ3v) is 5.27. The van der Waals surface area contributed by atoms with E-state index < -0.39 is 0 Å². The first-order valence-electron chi connectivity index (χ1n) is 8.26. The number of piperidine rings is 1. The molecule has 3 rings (SSSR count).